The molecule has 0 saturated heterocycles. The molecule has 1 atom stereocenters. The molecule has 0 rings (SSSR count). The predicted octanol–water partition coefficient (Wildman–Crippen LogP) is -0.872. The first kappa shape index (κ1) is 13.7. The Bertz CT molecular complexity index is 263. The van der Waals surface area contributed by atoms with Gasteiger partial charge in [0, 0.05) is 7.05 Å². The Morgan fingerprint density at radius 3 is 2.13 bits per heavy atom. The number of carbonyl (C=O) groups is 2. The fraction of sp³-hybridized carbons (Fsp3) is 0.714. The molecule has 0 bridgehead atoms. The van der Waals surface area contributed by atoms with Crippen LogP contribution in [-0.4, -0.2) is 37.1 Å². The predicted molar refractivity (Wildman–Crippen MR) is 45.7 cm³/mol. The van der Waals surface area contributed by atoms with Crippen LogP contribution in [0.2, 0.25) is 0 Å². The van der Waals surface area contributed by atoms with Crippen LogP contribution in [0.25, 0.3) is 0 Å². The molecule has 0 aliphatic rings. The Labute approximate surface area is 84.2 Å². The summed E-state index contributed by atoms with van der Waals surface area (Å²) < 4.78 is 36.6. The van der Waals surface area contributed by atoms with Gasteiger partial charge in [0.1, 0.15) is 0 Å². The highest BCUT2D eigenvalue weighted by Crippen LogP contribution is 2.27. The van der Waals surface area contributed by atoms with E-state index in [-0.39, 0.29) is 0 Å². The lowest BCUT2D eigenvalue weighted by Crippen LogP contribution is -2.62. The average molecular weight is 227 g/mol. The van der Waals surface area contributed by atoms with Crippen LogP contribution < -0.4 is 16.4 Å². The molecule has 4 N–H and O–H groups in total. The molecule has 2 amide bonds. The van der Waals surface area contributed by atoms with E-state index in [1.54, 1.807) is 5.32 Å². The van der Waals surface area contributed by atoms with E-state index >= 15 is 0 Å². The largest absolute Gasteiger partial charge is 0.415 e. The number of nitrogens with two attached hydrogens (primary N) is 1. The van der Waals surface area contributed by atoms with Crippen molar-refractivity contribution in [2.45, 2.75) is 18.6 Å². The molecule has 0 aromatic carbocycles. The van der Waals surface area contributed by atoms with Crippen molar-refractivity contribution in [2.24, 2.45) is 5.73 Å². The molecule has 0 fully saturated rings. The summed E-state index contributed by atoms with van der Waals surface area (Å²) in [5.74, 6) is -2.06. The van der Waals surface area contributed by atoms with Gasteiger partial charge < -0.3 is 16.4 Å². The second-order valence-corrected chi connectivity index (χ2v) is 3.06. The van der Waals surface area contributed by atoms with Gasteiger partial charge in [0.25, 0.3) is 0 Å². The molecule has 0 spiro atoms. The first-order chi connectivity index (χ1) is 6.63. The van der Waals surface area contributed by atoms with Gasteiger partial charge >= 0.3 is 6.18 Å². The fourth-order valence-electron chi connectivity index (χ4n) is 0.561. The second kappa shape index (κ2) is 4.47. The first-order valence-corrected chi connectivity index (χ1v) is 3.97. The number of alkyl halides is 3. The summed E-state index contributed by atoms with van der Waals surface area (Å²) in [5.41, 5.74) is 1.80. The molecule has 15 heavy (non-hydrogen) atoms. The minimum atomic E-state index is -4.86. The third-order valence-electron chi connectivity index (χ3n) is 1.75. The summed E-state index contributed by atoms with van der Waals surface area (Å²) in [7, 11) is 1.29. The molecule has 8 heteroatoms. The van der Waals surface area contributed by atoms with Crippen LogP contribution in [0, 0.1) is 0 Å². The summed E-state index contributed by atoms with van der Waals surface area (Å²) in [6.07, 6.45) is -4.86. The Morgan fingerprint density at radius 1 is 1.33 bits per heavy atom. The summed E-state index contributed by atoms with van der Waals surface area (Å²) in [6, 6.07) is 0. The Morgan fingerprint density at radius 2 is 1.80 bits per heavy atom. The number of hydrogen-bond acceptors (Lipinski definition) is 3. The van der Waals surface area contributed by atoms with Gasteiger partial charge in [0.2, 0.25) is 11.8 Å². The number of amides is 2. The van der Waals surface area contributed by atoms with Crippen LogP contribution in [-0.2, 0) is 9.59 Å². The van der Waals surface area contributed by atoms with Crippen molar-refractivity contribution in [1.29, 1.82) is 0 Å². The number of hydrogen-bond donors (Lipinski definition) is 3. The lowest BCUT2D eigenvalue weighted by molar-refractivity contribution is -0.187. The molecule has 0 aliphatic carbocycles. The molecule has 88 valence electrons. The molecular weight excluding hydrogens is 215 g/mol. The van der Waals surface area contributed by atoms with Crippen molar-refractivity contribution >= 4 is 11.8 Å². The van der Waals surface area contributed by atoms with E-state index in [4.69, 9.17) is 5.73 Å². The van der Waals surface area contributed by atoms with Crippen molar-refractivity contribution < 1.29 is 22.8 Å². The monoisotopic (exact) mass is 227 g/mol. The highest BCUT2D eigenvalue weighted by Gasteiger charge is 2.53. The third kappa shape index (κ3) is 3.39. The van der Waals surface area contributed by atoms with E-state index in [2.05, 4.69) is 5.32 Å². The SMILES string of the molecule is CNC(=O)CNC(=O)C(C)(N)C(F)(F)F. The molecule has 0 aliphatic heterocycles. The Hall–Kier alpha value is -1.31. The molecule has 1 unspecified atom stereocenters. The van der Waals surface area contributed by atoms with Crippen LogP contribution in [0.15, 0.2) is 0 Å². The molecule has 0 radical (unpaired) electrons. The standard InChI is InChI=1S/C7H12F3N3O2/c1-6(11,7(8,9)10)5(15)13-3-4(14)12-2/h3,11H2,1-2H3,(H,12,14)(H,13,15). The Kier molecular flexibility index (Phi) is 4.08. The highest BCUT2D eigenvalue weighted by atomic mass is 19.4. The zero-order valence-electron chi connectivity index (χ0n) is 8.23. The number of rotatable bonds is 3. The summed E-state index contributed by atoms with van der Waals surface area (Å²) in [6.45, 7) is -0.00954. The lowest BCUT2D eigenvalue weighted by Gasteiger charge is -2.25. The minimum Gasteiger partial charge on any atom is -0.358 e. The Balaban J connectivity index is 4.40. The summed E-state index contributed by atoms with van der Waals surface area (Å²) in [5, 5.41) is 3.92. The van der Waals surface area contributed by atoms with Gasteiger partial charge in [-0.15, -0.1) is 0 Å². The van der Waals surface area contributed by atoms with E-state index in [0.29, 0.717) is 6.92 Å². The molecule has 0 aromatic heterocycles. The first-order valence-electron chi connectivity index (χ1n) is 3.97. The maximum Gasteiger partial charge on any atom is 0.415 e. The van der Waals surface area contributed by atoms with Gasteiger partial charge in [0.15, 0.2) is 5.54 Å². The second-order valence-electron chi connectivity index (χ2n) is 3.06. The maximum atomic E-state index is 12.2. The fourth-order valence-corrected chi connectivity index (χ4v) is 0.561. The summed E-state index contributed by atoms with van der Waals surface area (Å²) >= 11 is 0. The van der Waals surface area contributed by atoms with Crippen molar-refractivity contribution in [3.63, 3.8) is 0 Å². The average Bonchev–Trinajstić information content (AvgIpc) is 2.11. The lowest BCUT2D eigenvalue weighted by atomic mass is 10.0. The van der Waals surface area contributed by atoms with Crippen LogP contribution in [0.5, 0.6) is 0 Å². The topological polar surface area (TPSA) is 84.2 Å². The van der Waals surface area contributed by atoms with Gasteiger partial charge in [0.05, 0.1) is 6.54 Å². The number of likely N-dealkylation sites (N-methyl/N-ethyl adjacent to an activating group) is 1. The number of carbonyl (C=O) groups excluding carboxylic acids is 2. The smallest absolute Gasteiger partial charge is 0.358 e. The van der Waals surface area contributed by atoms with E-state index < -0.39 is 30.1 Å². The molecule has 0 saturated carbocycles. The molecule has 5 nitrogen and oxygen atoms in total. The molecule has 0 aromatic rings. The molecular formula is C7H12F3N3O2. The van der Waals surface area contributed by atoms with Crippen molar-refractivity contribution in [3.8, 4) is 0 Å². The van der Waals surface area contributed by atoms with Gasteiger partial charge in [-0.2, -0.15) is 13.2 Å². The van der Waals surface area contributed by atoms with E-state index in [1.165, 1.54) is 7.05 Å². The van der Waals surface area contributed by atoms with Gasteiger partial charge in [-0.25, -0.2) is 0 Å². The van der Waals surface area contributed by atoms with Crippen LogP contribution in [0.4, 0.5) is 13.2 Å². The van der Waals surface area contributed by atoms with E-state index in [1.807, 2.05) is 0 Å². The zero-order valence-corrected chi connectivity index (χ0v) is 8.23. The van der Waals surface area contributed by atoms with E-state index in [0.717, 1.165) is 0 Å². The molecule has 0 heterocycles. The zero-order chi connectivity index (χ0) is 12.3. The number of halogens is 3. The van der Waals surface area contributed by atoms with Crippen molar-refractivity contribution in [2.75, 3.05) is 13.6 Å². The summed E-state index contributed by atoms with van der Waals surface area (Å²) in [4.78, 5) is 21.6. The van der Waals surface area contributed by atoms with Gasteiger partial charge in [-0.1, -0.05) is 0 Å². The van der Waals surface area contributed by atoms with Gasteiger partial charge in [-0.3, -0.25) is 9.59 Å². The highest BCUT2D eigenvalue weighted by molar-refractivity contribution is 5.90. The number of nitrogens with one attached hydrogen (secondary N) is 2. The van der Waals surface area contributed by atoms with Crippen molar-refractivity contribution in [1.82, 2.24) is 10.6 Å². The van der Waals surface area contributed by atoms with Crippen molar-refractivity contribution in [3.05, 3.63) is 0 Å². The quantitative estimate of drug-likeness (QED) is 0.586. The van der Waals surface area contributed by atoms with Crippen LogP contribution >= 0.6 is 0 Å². The van der Waals surface area contributed by atoms with Gasteiger partial charge in [-0.05, 0) is 6.92 Å². The van der Waals surface area contributed by atoms with E-state index in [9.17, 15) is 22.8 Å². The minimum absolute atomic E-state index is 0.534. The third-order valence-corrected chi connectivity index (χ3v) is 1.75. The van der Waals surface area contributed by atoms with Crippen LogP contribution in [0.1, 0.15) is 6.92 Å². The maximum absolute atomic E-state index is 12.2. The van der Waals surface area contributed by atoms with Crippen LogP contribution in [0.3, 0.4) is 0 Å². The normalized spacial score (nSPS) is 15.3.